The molecule has 0 radical (unpaired) electrons. The van der Waals surface area contributed by atoms with Crippen molar-refractivity contribution in [3.8, 4) is 0 Å². The van der Waals surface area contributed by atoms with Gasteiger partial charge in [0.25, 0.3) is 0 Å². The molecule has 2 unspecified atom stereocenters. The highest BCUT2D eigenvalue weighted by Crippen LogP contribution is 2.22. The standard InChI is InChI=1S/C13H26O3S2/c1-3-6-13(7-4-2)17(14)10-12-8-5-9-18(15,16)11-12/h12-13H,3-11H2,1-2H3. The Bertz CT molecular complexity index is 356. The van der Waals surface area contributed by atoms with Gasteiger partial charge in [-0.1, -0.05) is 26.7 Å². The van der Waals surface area contributed by atoms with Crippen molar-refractivity contribution in [2.75, 3.05) is 17.3 Å². The van der Waals surface area contributed by atoms with E-state index >= 15 is 0 Å². The molecule has 0 aromatic rings. The van der Waals surface area contributed by atoms with Crippen molar-refractivity contribution >= 4 is 20.6 Å². The van der Waals surface area contributed by atoms with Gasteiger partial charge in [-0.2, -0.15) is 0 Å². The summed E-state index contributed by atoms with van der Waals surface area (Å²) in [6.07, 6.45) is 5.78. The second-order valence-corrected chi connectivity index (χ2v) is 9.36. The van der Waals surface area contributed by atoms with Crippen LogP contribution in [0.2, 0.25) is 0 Å². The van der Waals surface area contributed by atoms with Crippen molar-refractivity contribution in [2.24, 2.45) is 5.92 Å². The summed E-state index contributed by atoms with van der Waals surface area (Å²) in [5.74, 6) is 1.29. The Balaban J connectivity index is 2.51. The van der Waals surface area contributed by atoms with Crippen molar-refractivity contribution in [3.05, 3.63) is 0 Å². The molecule has 1 saturated heterocycles. The molecule has 1 rings (SSSR count). The maximum absolute atomic E-state index is 12.3. The molecular formula is C13H26O3S2. The molecule has 0 bridgehead atoms. The predicted octanol–water partition coefficient (Wildman–Crippen LogP) is 2.53. The van der Waals surface area contributed by atoms with E-state index < -0.39 is 20.6 Å². The van der Waals surface area contributed by atoms with Gasteiger partial charge in [0.1, 0.15) is 0 Å². The van der Waals surface area contributed by atoms with E-state index in [9.17, 15) is 12.6 Å². The van der Waals surface area contributed by atoms with E-state index in [1.807, 2.05) is 0 Å². The van der Waals surface area contributed by atoms with Gasteiger partial charge in [0, 0.05) is 21.8 Å². The topological polar surface area (TPSA) is 51.2 Å². The molecule has 1 aliphatic rings. The van der Waals surface area contributed by atoms with E-state index in [1.54, 1.807) is 0 Å². The van der Waals surface area contributed by atoms with Gasteiger partial charge < -0.3 is 0 Å². The van der Waals surface area contributed by atoms with Crippen molar-refractivity contribution in [3.63, 3.8) is 0 Å². The minimum absolute atomic E-state index is 0.126. The first kappa shape index (κ1) is 16.2. The molecule has 0 spiro atoms. The molecule has 5 heteroatoms. The van der Waals surface area contributed by atoms with Crippen LogP contribution in [0.1, 0.15) is 52.4 Å². The third-order valence-corrected chi connectivity index (χ3v) is 7.46. The quantitative estimate of drug-likeness (QED) is 0.725. The van der Waals surface area contributed by atoms with Crippen LogP contribution in [0.5, 0.6) is 0 Å². The van der Waals surface area contributed by atoms with Crippen LogP contribution < -0.4 is 0 Å². The highest BCUT2D eigenvalue weighted by Gasteiger charge is 2.27. The van der Waals surface area contributed by atoms with Gasteiger partial charge >= 0.3 is 0 Å². The smallest absolute Gasteiger partial charge is 0.150 e. The van der Waals surface area contributed by atoms with Gasteiger partial charge in [-0.25, -0.2) is 8.42 Å². The molecule has 0 aliphatic carbocycles. The maximum atomic E-state index is 12.3. The molecule has 1 fully saturated rings. The fraction of sp³-hybridized carbons (Fsp3) is 1.00. The molecule has 18 heavy (non-hydrogen) atoms. The second-order valence-electron chi connectivity index (χ2n) is 5.37. The lowest BCUT2D eigenvalue weighted by molar-refractivity contribution is 0.514. The van der Waals surface area contributed by atoms with Gasteiger partial charge in [-0.05, 0) is 31.6 Å². The molecule has 0 aromatic heterocycles. The van der Waals surface area contributed by atoms with Crippen molar-refractivity contribution in [1.29, 1.82) is 0 Å². The number of sulfone groups is 1. The summed E-state index contributed by atoms with van der Waals surface area (Å²) in [5.41, 5.74) is 0. The molecule has 2 atom stereocenters. The van der Waals surface area contributed by atoms with Gasteiger partial charge in [0.2, 0.25) is 0 Å². The summed E-state index contributed by atoms with van der Waals surface area (Å²) in [5, 5.41) is 0.268. The summed E-state index contributed by atoms with van der Waals surface area (Å²) < 4.78 is 35.4. The highest BCUT2D eigenvalue weighted by atomic mass is 32.2. The Kier molecular flexibility index (Phi) is 6.85. The lowest BCUT2D eigenvalue weighted by Gasteiger charge is -2.24. The Morgan fingerprint density at radius 2 is 1.83 bits per heavy atom. The molecule has 1 aliphatic heterocycles. The molecule has 0 N–H and O–H groups in total. The first-order valence-electron chi connectivity index (χ1n) is 7.06. The largest absolute Gasteiger partial charge is 0.259 e. The molecule has 108 valence electrons. The molecule has 0 saturated carbocycles. The third-order valence-electron chi connectivity index (χ3n) is 3.55. The second kappa shape index (κ2) is 7.63. The fourth-order valence-corrected chi connectivity index (χ4v) is 6.61. The van der Waals surface area contributed by atoms with E-state index in [1.165, 1.54) is 0 Å². The number of hydrogen-bond donors (Lipinski definition) is 0. The first-order valence-corrected chi connectivity index (χ1v) is 10.3. The zero-order valence-corrected chi connectivity index (χ0v) is 13.2. The average Bonchev–Trinajstić information content (AvgIpc) is 2.27. The van der Waals surface area contributed by atoms with E-state index in [4.69, 9.17) is 0 Å². The number of rotatable bonds is 7. The monoisotopic (exact) mass is 294 g/mol. The first-order chi connectivity index (χ1) is 8.48. The molecule has 0 amide bonds. The maximum Gasteiger partial charge on any atom is 0.150 e. The summed E-state index contributed by atoms with van der Waals surface area (Å²) in [6.45, 7) is 4.23. The van der Waals surface area contributed by atoms with Crippen LogP contribution in [0.25, 0.3) is 0 Å². The van der Waals surface area contributed by atoms with Gasteiger partial charge in [0.15, 0.2) is 9.84 Å². The van der Waals surface area contributed by atoms with Crippen LogP contribution >= 0.6 is 0 Å². The average molecular weight is 294 g/mol. The lowest BCUT2D eigenvalue weighted by Crippen LogP contribution is -2.31. The Morgan fingerprint density at radius 3 is 2.33 bits per heavy atom. The summed E-state index contributed by atoms with van der Waals surface area (Å²) in [6, 6.07) is 0. The van der Waals surface area contributed by atoms with E-state index in [0.717, 1.165) is 38.5 Å². The van der Waals surface area contributed by atoms with E-state index in [0.29, 0.717) is 11.5 Å². The van der Waals surface area contributed by atoms with Crippen LogP contribution in [0.3, 0.4) is 0 Å². The van der Waals surface area contributed by atoms with Crippen molar-refractivity contribution < 1.29 is 12.6 Å². The van der Waals surface area contributed by atoms with Gasteiger partial charge in [0.05, 0.1) is 11.5 Å². The molecule has 0 aromatic carbocycles. The summed E-state index contributed by atoms with van der Waals surface area (Å²) in [4.78, 5) is 0. The van der Waals surface area contributed by atoms with E-state index in [-0.39, 0.29) is 16.9 Å². The molecule has 3 nitrogen and oxygen atoms in total. The third kappa shape index (κ3) is 5.39. The minimum atomic E-state index is -2.86. The van der Waals surface area contributed by atoms with Crippen LogP contribution in [-0.2, 0) is 20.6 Å². The fourth-order valence-electron chi connectivity index (χ4n) is 2.67. The predicted molar refractivity (Wildman–Crippen MR) is 78.0 cm³/mol. The van der Waals surface area contributed by atoms with Crippen LogP contribution in [0.4, 0.5) is 0 Å². The Labute approximate surface area is 114 Å². The Morgan fingerprint density at radius 1 is 1.22 bits per heavy atom. The summed E-state index contributed by atoms with van der Waals surface area (Å²) >= 11 is 0. The summed E-state index contributed by atoms with van der Waals surface area (Å²) in [7, 11) is -3.72. The zero-order chi connectivity index (χ0) is 13.6. The lowest BCUT2D eigenvalue weighted by atomic mass is 10.1. The highest BCUT2D eigenvalue weighted by molar-refractivity contribution is 7.91. The molecular weight excluding hydrogens is 268 g/mol. The minimum Gasteiger partial charge on any atom is -0.259 e. The normalized spacial score (nSPS) is 25.2. The number of hydrogen-bond acceptors (Lipinski definition) is 3. The van der Waals surface area contributed by atoms with Crippen LogP contribution in [0.15, 0.2) is 0 Å². The molecule has 1 heterocycles. The SMILES string of the molecule is CCCC(CCC)S(=O)CC1CCCS(=O)(=O)C1. The van der Waals surface area contributed by atoms with E-state index in [2.05, 4.69) is 13.8 Å². The van der Waals surface area contributed by atoms with Gasteiger partial charge in [-0.3, -0.25) is 4.21 Å². The van der Waals surface area contributed by atoms with Crippen molar-refractivity contribution in [2.45, 2.75) is 57.6 Å². The Hall–Kier alpha value is 0.1000. The van der Waals surface area contributed by atoms with Crippen LogP contribution in [-0.4, -0.2) is 35.1 Å². The zero-order valence-electron chi connectivity index (χ0n) is 11.6. The van der Waals surface area contributed by atoms with Crippen molar-refractivity contribution in [1.82, 2.24) is 0 Å². The van der Waals surface area contributed by atoms with Crippen LogP contribution in [0, 0.1) is 5.92 Å². The van der Waals surface area contributed by atoms with Gasteiger partial charge in [-0.15, -0.1) is 0 Å².